The second-order valence-electron chi connectivity index (χ2n) is 4.49. The van der Waals surface area contributed by atoms with Gasteiger partial charge in [0.15, 0.2) is 5.03 Å². The Balaban J connectivity index is 2.13. The number of hydrogen-bond donors (Lipinski definition) is 0. The molecule has 1 fully saturated rings. The van der Waals surface area contributed by atoms with Crippen molar-refractivity contribution in [2.24, 2.45) is 0 Å². The zero-order valence-electron chi connectivity index (χ0n) is 10.4. The van der Waals surface area contributed by atoms with E-state index in [1.165, 1.54) is 6.20 Å². The smallest absolute Gasteiger partial charge is 0.238 e. The Morgan fingerprint density at radius 3 is 2.63 bits per heavy atom. The van der Waals surface area contributed by atoms with Crippen LogP contribution in [-0.2, 0) is 14.6 Å². The number of carbonyl (C=O) groups is 1. The number of carbonyl (C=O) groups excluding carboxylic acids is 1. The van der Waals surface area contributed by atoms with Crippen molar-refractivity contribution in [1.29, 1.82) is 0 Å². The zero-order chi connectivity index (χ0) is 13.9. The Morgan fingerprint density at radius 1 is 1.32 bits per heavy atom. The summed E-state index contributed by atoms with van der Waals surface area (Å²) < 4.78 is 24.7. The molecule has 1 aliphatic heterocycles. The number of piperidine rings is 1. The van der Waals surface area contributed by atoms with Gasteiger partial charge in [0, 0.05) is 19.3 Å². The molecule has 1 aliphatic rings. The number of likely N-dealkylation sites (tertiary alicyclic amines) is 1. The molecule has 0 atom stereocenters. The zero-order valence-corrected chi connectivity index (χ0v) is 12.8. The van der Waals surface area contributed by atoms with Gasteiger partial charge in [-0.3, -0.25) is 4.79 Å². The van der Waals surface area contributed by atoms with Crippen molar-refractivity contribution in [3.05, 3.63) is 22.8 Å². The van der Waals surface area contributed by atoms with Crippen LogP contribution in [0.5, 0.6) is 0 Å². The maximum absolute atomic E-state index is 12.2. The third kappa shape index (κ3) is 3.54. The number of aromatic nitrogens is 1. The molecule has 1 saturated heterocycles. The van der Waals surface area contributed by atoms with Crippen LogP contribution in [0.4, 0.5) is 0 Å². The molecule has 0 N–H and O–H groups in total. The quantitative estimate of drug-likeness (QED) is 0.834. The van der Waals surface area contributed by atoms with Crippen LogP contribution in [0.2, 0.25) is 0 Å². The fraction of sp³-hybridized carbons (Fsp3) is 0.500. The summed E-state index contributed by atoms with van der Waals surface area (Å²) in [6, 6.07) is 3.24. The Kier molecular flexibility index (Phi) is 4.57. The van der Waals surface area contributed by atoms with Gasteiger partial charge < -0.3 is 4.90 Å². The van der Waals surface area contributed by atoms with E-state index >= 15 is 0 Å². The highest BCUT2D eigenvalue weighted by molar-refractivity contribution is 9.10. The van der Waals surface area contributed by atoms with Crippen molar-refractivity contribution in [1.82, 2.24) is 9.88 Å². The summed E-state index contributed by atoms with van der Waals surface area (Å²) in [6.45, 7) is 1.30. The van der Waals surface area contributed by atoms with Crippen molar-refractivity contribution in [2.75, 3.05) is 18.8 Å². The molecule has 19 heavy (non-hydrogen) atoms. The van der Waals surface area contributed by atoms with E-state index in [1.54, 1.807) is 17.0 Å². The molecular formula is C12H15BrN2O3S. The van der Waals surface area contributed by atoms with Gasteiger partial charge in [0.1, 0.15) is 5.75 Å². The fourth-order valence-corrected chi connectivity index (χ4v) is 4.29. The van der Waals surface area contributed by atoms with Crippen molar-refractivity contribution in [3.8, 4) is 0 Å². The highest BCUT2D eigenvalue weighted by Crippen LogP contribution is 2.20. The Morgan fingerprint density at radius 2 is 2.00 bits per heavy atom. The summed E-state index contributed by atoms with van der Waals surface area (Å²) in [5, 5.41) is -0.0691. The highest BCUT2D eigenvalue weighted by Gasteiger charge is 2.26. The van der Waals surface area contributed by atoms with Gasteiger partial charge >= 0.3 is 0 Å². The Hall–Kier alpha value is -0.950. The third-order valence-electron chi connectivity index (χ3n) is 3.04. The number of halogens is 1. The Labute approximate surface area is 121 Å². The van der Waals surface area contributed by atoms with Gasteiger partial charge in [0.2, 0.25) is 15.7 Å². The number of rotatable bonds is 3. The molecule has 5 nitrogen and oxygen atoms in total. The summed E-state index contributed by atoms with van der Waals surface area (Å²) in [6.07, 6.45) is 4.39. The molecule has 0 aliphatic carbocycles. The second-order valence-corrected chi connectivity index (χ2v) is 7.25. The minimum Gasteiger partial charge on any atom is -0.342 e. The summed E-state index contributed by atoms with van der Waals surface area (Å²) in [5.41, 5.74) is 0. The van der Waals surface area contributed by atoms with E-state index in [0.29, 0.717) is 17.6 Å². The molecule has 0 bridgehead atoms. The molecule has 0 spiro atoms. The SMILES string of the molecule is O=C(CS(=O)(=O)c1ncccc1Br)N1CCCCC1. The summed E-state index contributed by atoms with van der Waals surface area (Å²) >= 11 is 3.15. The van der Waals surface area contributed by atoms with Gasteiger partial charge in [-0.1, -0.05) is 0 Å². The molecule has 1 amide bonds. The largest absolute Gasteiger partial charge is 0.342 e. The van der Waals surface area contributed by atoms with Crippen molar-refractivity contribution in [3.63, 3.8) is 0 Å². The predicted molar refractivity (Wildman–Crippen MR) is 74.4 cm³/mol. The molecule has 104 valence electrons. The number of amides is 1. The first-order valence-corrected chi connectivity index (χ1v) is 8.56. The van der Waals surface area contributed by atoms with Crippen LogP contribution in [-0.4, -0.2) is 43.1 Å². The number of sulfone groups is 1. The lowest BCUT2D eigenvalue weighted by atomic mass is 10.1. The van der Waals surface area contributed by atoms with E-state index in [-0.39, 0.29) is 10.9 Å². The molecule has 0 unspecified atom stereocenters. The van der Waals surface area contributed by atoms with Gasteiger partial charge in [-0.2, -0.15) is 0 Å². The lowest BCUT2D eigenvalue weighted by Gasteiger charge is -2.26. The molecule has 1 aromatic rings. The number of nitrogens with zero attached hydrogens (tertiary/aromatic N) is 2. The lowest BCUT2D eigenvalue weighted by Crippen LogP contribution is -2.39. The summed E-state index contributed by atoms with van der Waals surface area (Å²) in [7, 11) is -3.69. The minimum atomic E-state index is -3.69. The first-order valence-electron chi connectivity index (χ1n) is 6.12. The van der Waals surface area contributed by atoms with Crippen LogP contribution in [0.25, 0.3) is 0 Å². The van der Waals surface area contributed by atoms with Gasteiger partial charge in [-0.05, 0) is 47.3 Å². The second kappa shape index (κ2) is 6.00. The monoisotopic (exact) mass is 346 g/mol. The lowest BCUT2D eigenvalue weighted by molar-refractivity contribution is -0.129. The van der Waals surface area contributed by atoms with E-state index in [1.807, 2.05) is 0 Å². The van der Waals surface area contributed by atoms with Gasteiger partial charge in [0.25, 0.3) is 0 Å². The summed E-state index contributed by atoms with van der Waals surface area (Å²) in [4.78, 5) is 17.5. The molecule has 0 radical (unpaired) electrons. The molecular weight excluding hydrogens is 332 g/mol. The van der Waals surface area contributed by atoms with Gasteiger partial charge in [0.05, 0.1) is 4.47 Å². The molecule has 0 saturated carbocycles. The number of hydrogen-bond acceptors (Lipinski definition) is 4. The van der Waals surface area contributed by atoms with Crippen LogP contribution in [0.3, 0.4) is 0 Å². The fourth-order valence-electron chi connectivity index (χ4n) is 2.07. The molecule has 7 heteroatoms. The maximum atomic E-state index is 12.2. The van der Waals surface area contributed by atoms with Crippen LogP contribution in [0.1, 0.15) is 19.3 Å². The minimum absolute atomic E-state index is 0.0691. The molecule has 0 aromatic carbocycles. The van der Waals surface area contributed by atoms with Crippen LogP contribution in [0, 0.1) is 0 Å². The van der Waals surface area contributed by atoms with Crippen LogP contribution >= 0.6 is 15.9 Å². The Bertz CT molecular complexity index is 568. The van der Waals surface area contributed by atoms with E-state index in [0.717, 1.165) is 19.3 Å². The first-order chi connectivity index (χ1) is 9.00. The third-order valence-corrected chi connectivity index (χ3v) is 5.49. The van der Waals surface area contributed by atoms with Crippen LogP contribution in [0.15, 0.2) is 27.8 Å². The normalized spacial score (nSPS) is 16.4. The highest BCUT2D eigenvalue weighted by atomic mass is 79.9. The van der Waals surface area contributed by atoms with Crippen LogP contribution < -0.4 is 0 Å². The van der Waals surface area contributed by atoms with Crippen molar-refractivity contribution in [2.45, 2.75) is 24.3 Å². The first kappa shape index (κ1) is 14.5. The van der Waals surface area contributed by atoms with E-state index in [4.69, 9.17) is 0 Å². The van der Waals surface area contributed by atoms with Gasteiger partial charge in [-0.25, -0.2) is 13.4 Å². The predicted octanol–water partition coefficient (Wildman–Crippen LogP) is 1.63. The molecule has 2 heterocycles. The average Bonchev–Trinajstić information content (AvgIpc) is 2.39. The topological polar surface area (TPSA) is 67.3 Å². The summed E-state index contributed by atoms with van der Waals surface area (Å²) in [5.74, 6) is -0.847. The average molecular weight is 347 g/mol. The van der Waals surface area contributed by atoms with E-state index < -0.39 is 15.6 Å². The van der Waals surface area contributed by atoms with E-state index in [2.05, 4.69) is 20.9 Å². The standard InChI is InChI=1S/C12H15BrN2O3S/c13-10-5-4-6-14-12(10)19(17,18)9-11(16)15-7-2-1-3-8-15/h4-6H,1-3,7-9H2. The van der Waals surface area contributed by atoms with E-state index in [9.17, 15) is 13.2 Å². The molecule has 1 aromatic heterocycles. The van der Waals surface area contributed by atoms with Gasteiger partial charge in [-0.15, -0.1) is 0 Å². The molecule has 2 rings (SSSR count). The van der Waals surface area contributed by atoms with Crippen molar-refractivity contribution >= 4 is 31.7 Å². The van der Waals surface area contributed by atoms with Crippen molar-refractivity contribution < 1.29 is 13.2 Å². The maximum Gasteiger partial charge on any atom is 0.238 e. The number of pyridine rings is 1.